The Kier molecular flexibility index (Phi) is 7.76. The topological polar surface area (TPSA) is 36.9 Å². The molecule has 10 heteroatoms. The van der Waals surface area contributed by atoms with E-state index < -0.39 is 55.6 Å². The minimum absolute atomic E-state index is 0.0625. The molecule has 188 valence electrons. The Balaban J connectivity index is 2.04. The lowest BCUT2D eigenvalue weighted by Crippen LogP contribution is -2.56. The fourth-order valence-corrected chi connectivity index (χ4v) is 5.67. The molecule has 0 N–H and O–H groups in total. The van der Waals surface area contributed by atoms with Gasteiger partial charge in [-0.15, -0.1) is 0 Å². The summed E-state index contributed by atoms with van der Waals surface area (Å²) in [5.41, 5.74) is 0.892. The molecule has 0 bridgehead atoms. The highest BCUT2D eigenvalue weighted by Gasteiger charge is 2.69. The van der Waals surface area contributed by atoms with Crippen LogP contribution in [0.3, 0.4) is 0 Å². The maximum Gasteiger partial charge on any atom is 0.442 e. The summed E-state index contributed by atoms with van der Waals surface area (Å²) < 4.78 is 94.1. The Morgan fingerprint density at radius 3 is 2.24 bits per heavy atom. The number of halogens is 5. The third kappa shape index (κ3) is 5.29. The van der Waals surface area contributed by atoms with Crippen molar-refractivity contribution in [2.75, 3.05) is 13.7 Å². The standard InChI is InChI=1S/C24H29F5O4Si/c1-15-20(17-11-12-18(25)21(26)22(17)30-2)19(14-31-13-16-9-7-6-8-10-16)32-23(15,24(27,28)29)33-34(3,4)5/h6-12,15,19-20H,13-14H2,1-5H3/t15-,19+,20-,23+/m0/s1. The van der Waals surface area contributed by atoms with Crippen molar-refractivity contribution in [1.82, 2.24) is 0 Å². The van der Waals surface area contributed by atoms with Crippen LogP contribution in [0.15, 0.2) is 42.5 Å². The second kappa shape index (κ2) is 9.92. The molecule has 4 atom stereocenters. The molecule has 0 unspecified atom stereocenters. The van der Waals surface area contributed by atoms with Crippen LogP contribution in [-0.4, -0.2) is 40.1 Å². The largest absolute Gasteiger partial charge is 0.493 e. The molecule has 1 heterocycles. The van der Waals surface area contributed by atoms with Gasteiger partial charge < -0.3 is 18.6 Å². The third-order valence-electron chi connectivity index (χ3n) is 5.76. The molecule has 0 aliphatic carbocycles. The lowest BCUT2D eigenvalue weighted by Gasteiger charge is -2.40. The smallest absolute Gasteiger partial charge is 0.442 e. The summed E-state index contributed by atoms with van der Waals surface area (Å²) in [7, 11) is -1.65. The number of hydrogen-bond donors (Lipinski definition) is 0. The average molecular weight is 505 g/mol. The molecule has 0 radical (unpaired) electrons. The van der Waals surface area contributed by atoms with Crippen LogP contribution in [0.25, 0.3) is 0 Å². The van der Waals surface area contributed by atoms with Crippen molar-refractivity contribution >= 4 is 8.32 Å². The summed E-state index contributed by atoms with van der Waals surface area (Å²) >= 11 is 0. The summed E-state index contributed by atoms with van der Waals surface area (Å²) in [5.74, 6) is -8.17. The third-order valence-corrected chi connectivity index (χ3v) is 6.67. The molecule has 2 aromatic carbocycles. The second-order valence-corrected chi connectivity index (χ2v) is 13.8. The van der Waals surface area contributed by atoms with Gasteiger partial charge in [0.2, 0.25) is 5.82 Å². The number of rotatable bonds is 8. The van der Waals surface area contributed by atoms with Gasteiger partial charge >= 0.3 is 6.18 Å². The van der Waals surface area contributed by atoms with E-state index in [1.165, 1.54) is 13.0 Å². The Bertz CT molecular complexity index is 980. The number of methoxy groups -OCH3 is 1. The van der Waals surface area contributed by atoms with Gasteiger partial charge in [-0.05, 0) is 31.3 Å². The van der Waals surface area contributed by atoms with E-state index in [2.05, 4.69) is 0 Å². The molecule has 0 saturated carbocycles. The fraction of sp³-hybridized carbons (Fsp3) is 0.500. The molecular weight excluding hydrogens is 475 g/mol. The Morgan fingerprint density at radius 2 is 1.68 bits per heavy atom. The van der Waals surface area contributed by atoms with Crippen molar-refractivity contribution in [3.63, 3.8) is 0 Å². The molecule has 4 nitrogen and oxygen atoms in total. The molecule has 1 saturated heterocycles. The first-order valence-corrected chi connectivity index (χ1v) is 14.3. The zero-order valence-corrected chi connectivity index (χ0v) is 20.7. The summed E-state index contributed by atoms with van der Waals surface area (Å²) in [6, 6.07) is 11.2. The lowest BCUT2D eigenvalue weighted by atomic mass is 9.81. The van der Waals surface area contributed by atoms with Gasteiger partial charge in [-0.3, -0.25) is 0 Å². The van der Waals surface area contributed by atoms with Crippen molar-refractivity contribution in [1.29, 1.82) is 0 Å². The second-order valence-electron chi connectivity index (χ2n) is 9.34. The zero-order valence-electron chi connectivity index (χ0n) is 19.7. The van der Waals surface area contributed by atoms with Crippen molar-refractivity contribution < 1.29 is 40.6 Å². The fourth-order valence-electron chi connectivity index (χ4n) is 4.41. The number of hydrogen-bond acceptors (Lipinski definition) is 4. The van der Waals surface area contributed by atoms with E-state index in [1.807, 2.05) is 30.3 Å². The van der Waals surface area contributed by atoms with Crippen LogP contribution >= 0.6 is 0 Å². The first-order valence-electron chi connectivity index (χ1n) is 10.9. The van der Waals surface area contributed by atoms with Crippen LogP contribution in [0.4, 0.5) is 22.0 Å². The highest BCUT2D eigenvalue weighted by Crippen LogP contribution is 2.56. The highest BCUT2D eigenvalue weighted by atomic mass is 28.4. The van der Waals surface area contributed by atoms with E-state index in [4.69, 9.17) is 18.6 Å². The van der Waals surface area contributed by atoms with Crippen LogP contribution < -0.4 is 4.74 Å². The monoisotopic (exact) mass is 504 g/mol. The van der Waals surface area contributed by atoms with Gasteiger partial charge in [-0.25, -0.2) is 4.39 Å². The molecular formula is C24H29F5O4Si. The van der Waals surface area contributed by atoms with Crippen LogP contribution in [0, 0.1) is 17.6 Å². The Labute approximate surface area is 197 Å². The van der Waals surface area contributed by atoms with Gasteiger partial charge in [0.25, 0.3) is 5.79 Å². The maximum atomic E-state index is 14.5. The number of benzene rings is 2. The van der Waals surface area contributed by atoms with Crippen LogP contribution in [-0.2, 0) is 20.5 Å². The SMILES string of the molecule is COc1c([C@H]2[C@@H](COCc3ccccc3)O[C@](O[Si](C)(C)C)(C(F)(F)F)[C@H]2C)ccc(F)c1F. The van der Waals surface area contributed by atoms with Gasteiger partial charge in [0.05, 0.1) is 26.4 Å². The van der Waals surface area contributed by atoms with E-state index in [0.717, 1.165) is 18.7 Å². The summed E-state index contributed by atoms with van der Waals surface area (Å²) in [4.78, 5) is 0. The Hall–Kier alpha value is -2.01. The first kappa shape index (κ1) is 26.6. The minimum Gasteiger partial charge on any atom is -0.493 e. The molecule has 0 aromatic heterocycles. The molecule has 2 aromatic rings. The van der Waals surface area contributed by atoms with E-state index in [9.17, 15) is 22.0 Å². The van der Waals surface area contributed by atoms with Gasteiger partial charge in [0.15, 0.2) is 19.9 Å². The van der Waals surface area contributed by atoms with Crippen molar-refractivity contribution in [2.45, 2.75) is 57.2 Å². The first-order chi connectivity index (χ1) is 15.8. The van der Waals surface area contributed by atoms with Crippen molar-refractivity contribution in [3.8, 4) is 5.75 Å². The van der Waals surface area contributed by atoms with Crippen LogP contribution in [0.2, 0.25) is 19.6 Å². The molecule has 0 amide bonds. The van der Waals surface area contributed by atoms with E-state index in [1.54, 1.807) is 19.6 Å². The predicted octanol–water partition coefficient (Wildman–Crippen LogP) is 6.42. The quantitative estimate of drug-likeness (QED) is 0.307. The van der Waals surface area contributed by atoms with Crippen LogP contribution in [0.1, 0.15) is 24.0 Å². The predicted molar refractivity (Wildman–Crippen MR) is 119 cm³/mol. The highest BCUT2D eigenvalue weighted by molar-refractivity contribution is 6.69. The summed E-state index contributed by atoms with van der Waals surface area (Å²) in [6.45, 7) is 6.15. The maximum absolute atomic E-state index is 14.5. The summed E-state index contributed by atoms with van der Waals surface area (Å²) in [5, 5.41) is 0. The number of alkyl halides is 3. The van der Waals surface area contributed by atoms with Crippen molar-refractivity contribution in [2.24, 2.45) is 5.92 Å². The van der Waals surface area contributed by atoms with E-state index in [-0.39, 0.29) is 18.8 Å². The van der Waals surface area contributed by atoms with E-state index >= 15 is 0 Å². The van der Waals surface area contributed by atoms with Gasteiger partial charge in [-0.2, -0.15) is 17.6 Å². The van der Waals surface area contributed by atoms with E-state index in [0.29, 0.717) is 0 Å². The molecule has 3 rings (SSSR count). The minimum atomic E-state index is -4.88. The molecule has 1 aliphatic rings. The normalized spacial score (nSPS) is 25.5. The number of ether oxygens (including phenoxy) is 3. The zero-order chi connectivity index (χ0) is 25.3. The van der Waals surface area contributed by atoms with Gasteiger partial charge in [0, 0.05) is 17.4 Å². The lowest BCUT2D eigenvalue weighted by molar-refractivity contribution is -0.361. The molecule has 1 fully saturated rings. The van der Waals surface area contributed by atoms with Crippen LogP contribution in [0.5, 0.6) is 5.75 Å². The summed E-state index contributed by atoms with van der Waals surface area (Å²) in [6.07, 6.45) is -6.04. The van der Waals surface area contributed by atoms with Crippen molar-refractivity contribution in [3.05, 3.63) is 65.2 Å². The molecule has 34 heavy (non-hydrogen) atoms. The molecule has 0 spiro atoms. The Morgan fingerprint density at radius 1 is 1.03 bits per heavy atom. The molecule has 1 aliphatic heterocycles. The average Bonchev–Trinajstić information content (AvgIpc) is 3.01. The van der Waals surface area contributed by atoms with Gasteiger partial charge in [-0.1, -0.05) is 43.3 Å². The van der Waals surface area contributed by atoms with Gasteiger partial charge in [0.1, 0.15) is 0 Å².